The van der Waals surface area contributed by atoms with Crippen LogP contribution in [0.2, 0.25) is 5.02 Å². The van der Waals surface area contributed by atoms with Crippen LogP contribution in [0.1, 0.15) is 30.4 Å². The molecule has 3 heterocycles. The predicted molar refractivity (Wildman–Crippen MR) is 85.5 cm³/mol. The number of hydrogen-bond acceptors (Lipinski definition) is 5. The first-order chi connectivity index (χ1) is 10.8. The van der Waals surface area contributed by atoms with E-state index in [0.717, 1.165) is 62.3 Å². The summed E-state index contributed by atoms with van der Waals surface area (Å²) in [6.45, 7) is 3.34. The van der Waals surface area contributed by atoms with Crippen LogP contribution in [0.5, 0.6) is 5.75 Å². The molecule has 1 N–H and O–H groups in total. The van der Waals surface area contributed by atoms with Crippen LogP contribution in [0.25, 0.3) is 0 Å². The van der Waals surface area contributed by atoms with Crippen molar-refractivity contribution in [2.45, 2.75) is 31.7 Å². The van der Waals surface area contributed by atoms with Crippen LogP contribution in [0.4, 0.5) is 0 Å². The summed E-state index contributed by atoms with van der Waals surface area (Å²) in [5, 5.41) is 10.8. The molecule has 1 aromatic carbocycles. The number of aryl methyl sites for hydroxylation is 1. The van der Waals surface area contributed by atoms with Gasteiger partial charge in [0, 0.05) is 5.02 Å². The Bertz CT molecular complexity index is 599. The van der Waals surface area contributed by atoms with Gasteiger partial charge in [0.25, 0.3) is 0 Å². The highest BCUT2D eigenvalue weighted by atomic mass is 35.5. The number of hydrogen-bond donors (Lipinski definition) is 1. The lowest BCUT2D eigenvalue weighted by atomic mass is 10.0. The van der Waals surface area contributed by atoms with Gasteiger partial charge in [0.2, 0.25) is 5.90 Å². The van der Waals surface area contributed by atoms with Gasteiger partial charge in [-0.2, -0.15) is 0 Å². The van der Waals surface area contributed by atoms with Crippen molar-refractivity contribution in [1.82, 2.24) is 10.3 Å². The molecule has 0 radical (unpaired) electrons. The van der Waals surface area contributed by atoms with Crippen molar-refractivity contribution in [3.05, 3.63) is 28.3 Å². The Morgan fingerprint density at radius 3 is 2.95 bits per heavy atom. The van der Waals surface area contributed by atoms with Crippen LogP contribution < -0.4 is 10.1 Å². The highest BCUT2D eigenvalue weighted by molar-refractivity contribution is 6.31. The minimum Gasteiger partial charge on any atom is -0.492 e. The molecule has 0 amide bonds. The normalized spacial score (nSPS) is 21.9. The fourth-order valence-electron chi connectivity index (χ4n) is 3.33. The Morgan fingerprint density at radius 2 is 2.09 bits per heavy atom. The molecule has 0 aromatic heterocycles. The van der Waals surface area contributed by atoms with E-state index in [9.17, 15) is 0 Å². The number of benzene rings is 1. The first kappa shape index (κ1) is 14.2. The molecule has 0 atom stereocenters. The van der Waals surface area contributed by atoms with Gasteiger partial charge in [-0.1, -0.05) is 11.6 Å². The maximum atomic E-state index is 6.26. The number of nitrogens with one attached hydrogen (secondary N) is 1. The number of nitrogens with zero attached hydrogens (tertiary/aromatic N) is 2. The summed E-state index contributed by atoms with van der Waals surface area (Å²) in [5.74, 6) is 1.53. The summed E-state index contributed by atoms with van der Waals surface area (Å²) in [6.07, 6.45) is 4.23. The molecule has 0 bridgehead atoms. The second kappa shape index (κ2) is 5.97. The number of piperidine rings is 1. The van der Waals surface area contributed by atoms with E-state index < -0.39 is 0 Å². The second-order valence-corrected chi connectivity index (χ2v) is 6.43. The molecule has 0 aliphatic carbocycles. The Labute approximate surface area is 135 Å². The summed E-state index contributed by atoms with van der Waals surface area (Å²) in [4.78, 5) is 0. The molecular weight excluding hydrogens is 302 g/mol. The van der Waals surface area contributed by atoms with Crippen LogP contribution >= 0.6 is 11.6 Å². The van der Waals surface area contributed by atoms with Crippen LogP contribution in [-0.2, 0) is 11.2 Å². The summed E-state index contributed by atoms with van der Waals surface area (Å²) >= 11 is 6.26. The SMILES string of the molecule is Clc1cc2c(c(C3=NN(C4CCNCC4)CO3)c1)OCCC2. The van der Waals surface area contributed by atoms with Gasteiger partial charge in [0.1, 0.15) is 5.75 Å². The van der Waals surface area contributed by atoms with Crippen LogP contribution in [0.15, 0.2) is 17.2 Å². The largest absolute Gasteiger partial charge is 0.492 e. The third-order valence-corrected chi connectivity index (χ3v) is 4.70. The summed E-state index contributed by atoms with van der Waals surface area (Å²) < 4.78 is 11.7. The topological polar surface area (TPSA) is 46.1 Å². The molecule has 118 valence electrons. The fourth-order valence-corrected chi connectivity index (χ4v) is 3.57. The fraction of sp³-hybridized carbons (Fsp3) is 0.562. The molecule has 0 saturated carbocycles. The standard InChI is InChI=1S/C16H20ClN3O2/c17-12-8-11-2-1-7-21-15(11)14(9-12)16-19-20(10-22-16)13-3-5-18-6-4-13/h8-9,13,18H,1-7,10H2. The minimum absolute atomic E-state index is 0.453. The Kier molecular flexibility index (Phi) is 3.84. The molecule has 5 nitrogen and oxygen atoms in total. The maximum Gasteiger partial charge on any atom is 0.243 e. The van der Waals surface area contributed by atoms with Gasteiger partial charge in [-0.15, -0.1) is 5.10 Å². The molecule has 1 saturated heterocycles. The zero-order chi connectivity index (χ0) is 14.9. The maximum absolute atomic E-state index is 6.26. The van der Waals surface area contributed by atoms with E-state index >= 15 is 0 Å². The van der Waals surface area contributed by atoms with E-state index in [1.165, 1.54) is 0 Å². The van der Waals surface area contributed by atoms with E-state index in [1.54, 1.807) is 0 Å². The van der Waals surface area contributed by atoms with Gasteiger partial charge in [-0.25, -0.2) is 0 Å². The monoisotopic (exact) mass is 321 g/mol. The molecule has 3 aliphatic rings. The Hall–Kier alpha value is -1.46. The van der Waals surface area contributed by atoms with Gasteiger partial charge < -0.3 is 14.8 Å². The molecule has 1 fully saturated rings. The number of ether oxygens (including phenoxy) is 2. The van der Waals surface area contributed by atoms with Crippen molar-refractivity contribution in [2.75, 3.05) is 26.4 Å². The third-order valence-electron chi connectivity index (χ3n) is 4.48. The van der Waals surface area contributed by atoms with Gasteiger partial charge in [-0.3, -0.25) is 5.01 Å². The summed E-state index contributed by atoms with van der Waals surface area (Å²) in [6, 6.07) is 4.34. The Balaban J connectivity index is 1.63. The minimum atomic E-state index is 0.453. The molecule has 6 heteroatoms. The van der Waals surface area contributed by atoms with Gasteiger partial charge in [0.15, 0.2) is 6.73 Å². The average molecular weight is 322 g/mol. The molecular formula is C16H20ClN3O2. The quantitative estimate of drug-likeness (QED) is 0.908. The van der Waals surface area contributed by atoms with E-state index in [2.05, 4.69) is 10.3 Å². The first-order valence-corrected chi connectivity index (χ1v) is 8.33. The van der Waals surface area contributed by atoms with Crippen LogP contribution in [0, 0.1) is 0 Å². The lowest BCUT2D eigenvalue weighted by Crippen LogP contribution is -2.39. The zero-order valence-electron chi connectivity index (χ0n) is 12.5. The highest BCUT2D eigenvalue weighted by Crippen LogP contribution is 2.34. The van der Waals surface area contributed by atoms with E-state index in [0.29, 0.717) is 23.7 Å². The lowest BCUT2D eigenvalue weighted by Gasteiger charge is -2.28. The van der Waals surface area contributed by atoms with Gasteiger partial charge >= 0.3 is 0 Å². The zero-order valence-corrected chi connectivity index (χ0v) is 13.2. The third kappa shape index (κ3) is 2.63. The van der Waals surface area contributed by atoms with Gasteiger partial charge in [0.05, 0.1) is 18.2 Å². The molecule has 3 aliphatic heterocycles. The van der Waals surface area contributed by atoms with Crippen molar-refractivity contribution < 1.29 is 9.47 Å². The van der Waals surface area contributed by atoms with Crippen molar-refractivity contribution in [2.24, 2.45) is 5.10 Å². The highest BCUT2D eigenvalue weighted by Gasteiger charge is 2.29. The number of rotatable bonds is 2. The lowest BCUT2D eigenvalue weighted by molar-refractivity contribution is 0.103. The van der Waals surface area contributed by atoms with Crippen molar-refractivity contribution >= 4 is 17.5 Å². The van der Waals surface area contributed by atoms with Crippen LogP contribution in [-0.4, -0.2) is 43.4 Å². The first-order valence-electron chi connectivity index (χ1n) is 7.95. The average Bonchev–Trinajstić information content (AvgIpc) is 3.05. The predicted octanol–water partition coefficient (Wildman–Crippen LogP) is 2.37. The summed E-state index contributed by atoms with van der Waals surface area (Å²) in [7, 11) is 0. The smallest absolute Gasteiger partial charge is 0.243 e. The molecule has 0 spiro atoms. The number of fused-ring (bicyclic) bond motifs is 1. The molecule has 1 aromatic rings. The van der Waals surface area contributed by atoms with Crippen molar-refractivity contribution in [1.29, 1.82) is 0 Å². The number of halogens is 1. The van der Waals surface area contributed by atoms with E-state index in [1.807, 2.05) is 12.1 Å². The van der Waals surface area contributed by atoms with E-state index in [4.69, 9.17) is 26.2 Å². The molecule has 22 heavy (non-hydrogen) atoms. The Morgan fingerprint density at radius 1 is 1.23 bits per heavy atom. The molecule has 4 rings (SSSR count). The second-order valence-electron chi connectivity index (χ2n) is 5.99. The van der Waals surface area contributed by atoms with E-state index in [-0.39, 0.29) is 0 Å². The number of hydrazone groups is 1. The van der Waals surface area contributed by atoms with Crippen molar-refractivity contribution in [3.63, 3.8) is 0 Å². The van der Waals surface area contributed by atoms with Crippen molar-refractivity contribution in [3.8, 4) is 5.75 Å². The summed E-state index contributed by atoms with van der Waals surface area (Å²) in [5.41, 5.74) is 2.04. The van der Waals surface area contributed by atoms with Crippen LogP contribution in [0.3, 0.4) is 0 Å². The van der Waals surface area contributed by atoms with Gasteiger partial charge in [-0.05, 0) is 56.5 Å². The molecule has 0 unspecified atom stereocenters.